The molecule has 0 saturated carbocycles. The highest BCUT2D eigenvalue weighted by Gasteiger charge is 2.10. The van der Waals surface area contributed by atoms with Crippen molar-refractivity contribution in [2.75, 3.05) is 12.8 Å². The lowest BCUT2D eigenvalue weighted by Crippen LogP contribution is -2.18. The van der Waals surface area contributed by atoms with Crippen molar-refractivity contribution >= 4 is 22.5 Å². The molecule has 0 aliphatic rings. The van der Waals surface area contributed by atoms with Gasteiger partial charge in [0.2, 0.25) is 0 Å². The number of amides is 1. The lowest BCUT2D eigenvalue weighted by molar-refractivity contribution is 0.0964. The van der Waals surface area contributed by atoms with Crippen molar-refractivity contribution in [1.82, 2.24) is 10.3 Å². The molecule has 0 saturated heterocycles. The van der Waals surface area contributed by atoms with Gasteiger partial charge in [-0.05, 0) is 31.2 Å². The van der Waals surface area contributed by atoms with Crippen molar-refractivity contribution < 1.29 is 4.79 Å². The molecule has 0 unspecified atom stereocenters. The van der Waals surface area contributed by atoms with Gasteiger partial charge in [-0.3, -0.25) is 9.78 Å². The number of aromatic nitrogens is 1. The predicted molar refractivity (Wildman–Crippen MR) is 64.3 cm³/mol. The number of nitrogens with two attached hydrogens (primary N) is 1. The Bertz CT molecular complexity index is 563. The summed E-state index contributed by atoms with van der Waals surface area (Å²) in [7, 11) is 1.61. The molecule has 82 valence electrons. The van der Waals surface area contributed by atoms with Gasteiger partial charge in [-0.1, -0.05) is 0 Å². The van der Waals surface area contributed by atoms with Crippen LogP contribution in [0.25, 0.3) is 10.9 Å². The monoisotopic (exact) mass is 215 g/mol. The maximum atomic E-state index is 11.7. The highest BCUT2D eigenvalue weighted by molar-refractivity contribution is 6.06. The first-order valence-corrected chi connectivity index (χ1v) is 5.01. The van der Waals surface area contributed by atoms with Crippen LogP contribution in [0.5, 0.6) is 0 Å². The van der Waals surface area contributed by atoms with Gasteiger partial charge in [0, 0.05) is 23.8 Å². The zero-order chi connectivity index (χ0) is 11.7. The Morgan fingerprint density at radius 1 is 1.38 bits per heavy atom. The molecule has 1 aromatic heterocycles. The van der Waals surface area contributed by atoms with E-state index in [-0.39, 0.29) is 5.91 Å². The Morgan fingerprint density at radius 3 is 2.81 bits per heavy atom. The summed E-state index contributed by atoms with van der Waals surface area (Å²) < 4.78 is 0. The topological polar surface area (TPSA) is 68.0 Å². The summed E-state index contributed by atoms with van der Waals surface area (Å²) in [6.45, 7) is 1.86. The van der Waals surface area contributed by atoms with E-state index < -0.39 is 0 Å². The van der Waals surface area contributed by atoms with Crippen LogP contribution in [-0.4, -0.2) is 17.9 Å². The van der Waals surface area contributed by atoms with Crippen LogP contribution in [0.1, 0.15) is 16.1 Å². The largest absolute Gasteiger partial charge is 0.399 e. The molecule has 4 nitrogen and oxygen atoms in total. The smallest absolute Gasteiger partial charge is 0.251 e. The van der Waals surface area contributed by atoms with Gasteiger partial charge in [0.15, 0.2) is 0 Å². The van der Waals surface area contributed by atoms with E-state index in [9.17, 15) is 4.79 Å². The molecule has 1 aromatic carbocycles. The molecular formula is C12H13N3O. The summed E-state index contributed by atoms with van der Waals surface area (Å²) in [6, 6.07) is 7.14. The van der Waals surface area contributed by atoms with E-state index in [0.717, 1.165) is 16.6 Å². The van der Waals surface area contributed by atoms with Gasteiger partial charge in [-0.25, -0.2) is 0 Å². The summed E-state index contributed by atoms with van der Waals surface area (Å²) in [6.07, 6.45) is 0. The fourth-order valence-corrected chi connectivity index (χ4v) is 1.70. The Morgan fingerprint density at radius 2 is 2.12 bits per heavy atom. The van der Waals surface area contributed by atoms with E-state index >= 15 is 0 Å². The van der Waals surface area contributed by atoms with E-state index in [0.29, 0.717) is 11.3 Å². The van der Waals surface area contributed by atoms with E-state index in [1.165, 1.54) is 0 Å². The highest BCUT2D eigenvalue weighted by atomic mass is 16.1. The number of anilines is 1. The van der Waals surface area contributed by atoms with Crippen molar-refractivity contribution in [3.05, 3.63) is 35.5 Å². The molecule has 0 bridgehead atoms. The highest BCUT2D eigenvalue weighted by Crippen LogP contribution is 2.20. The minimum atomic E-state index is -0.124. The first kappa shape index (κ1) is 10.4. The van der Waals surface area contributed by atoms with E-state index in [1.54, 1.807) is 25.2 Å². The molecule has 0 spiro atoms. The van der Waals surface area contributed by atoms with Gasteiger partial charge in [0.05, 0.1) is 11.1 Å². The molecular weight excluding hydrogens is 202 g/mol. The lowest BCUT2D eigenvalue weighted by atomic mass is 10.1. The van der Waals surface area contributed by atoms with Gasteiger partial charge in [-0.2, -0.15) is 0 Å². The number of hydrogen-bond acceptors (Lipinski definition) is 3. The van der Waals surface area contributed by atoms with Crippen LogP contribution in [0.4, 0.5) is 5.69 Å². The maximum absolute atomic E-state index is 11.7. The number of aryl methyl sites for hydroxylation is 1. The third kappa shape index (κ3) is 1.69. The zero-order valence-electron chi connectivity index (χ0n) is 9.24. The number of pyridine rings is 1. The fraction of sp³-hybridized carbons (Fsp3) is 0.167. The molecule has 3 N–H and O–H groups in total. The average Bonchev–Trinajstić information content (AvgIpc) is 2.27. The average molecular weight is 215 g/mol. The number of hydrogen-bond donors (Lipinski definition) is 2. The number of carbonyl (C=O) groups is 1. The molecule has 1 heterocycles. The van der Waals surface area contributed by atoms with Crippen molar-refractivity contribution in [2.45, 2.75) is 6.92 Å². The number of benzene rings is 1. The molecule has 0 aliphatic carbocycles. The molecule has 4 heteroatoms. The van der Waals surface area contributed by atoms with Crippen LogP contribution < -0.4 is 11.1 Å². The van der Waals surface area contributed by atoms with Crippen LogP contribution in [0.2, 0.25) is 0 Å². The minimum absolute atomic E-state index is 0.124. The number of fused-ring (bicyclic) bond motifs is 1. The van der Waals surface area contributed by atoms with Crippen molar-refractivity contribution in [2.24, 2.45) is 0 Å². The number of carbonyl (C=O) groups excluding carboxylic acids is 1. The van der Waals surface area contributed by atoms with Gasteiger partial charge >= 0.3 is 0 Å². The fourth-order valence-electron chi connectivity index (χ4n) is 1.70. The number of nitrogens with one attached hydrogen (secondary N) is 1. The van der Waals surface area contributed by atoms with Gasteiger partial charge in [0.1, 0.15) is 0 Å². The van der Waals surface area contributed by atoms with E-state index in [1.807, 2.05) is 13.0 Å². The normalized spacial score (nSPS) is 10.4. The second kappa shape index (κ2) is 3.81. The maximum Gasteiger partial charge on any atom is 0.251 e. The summed E-state index contributed by atoms with van der Waals surface area (Å²) in [4.78, 5) is 16.1. The Labute approximate surface area is 93.5 Å². The Kier molecular flexibility index (Phi) is 2.48. The third-order valence-corrected chi connectivity index (χ3v) is 2.43. The summed E-state index contributed by atoms with van der Waals surface area (Å²) in [5, 5.41) is 3.39. The van der Waals surface area contributed by atoms with Gasteiger partial charge in [0.25, 0.3) is 5.91 Å². The molecule has 2 rings (SSSR count). The summed E-state index contributed by atoms with van der Waals surface area (Å²) >= 11 is 0. The van der Waals surface area contributed by atoms with E-state index in [4.69, 9.17) is 5.73 Å². The third-order valence-electron chi connectivity index (χ3n) is 2.43. The second-order valence-corrected chi connectivity index (χ2v) is 3.67. The number of nitrogen functional groups attached to an aromatic ring is 1. The van der Waals surface area contributed by atoms with Crippen LogP contribution in [-0.2, 0) is 0 Å². The lowest BCUT2D eigenvalue weighted by Gasteiger charge is -2.07. The molecule has 2 aromatic rings. The SMILES string of the molecule is CNC(=O)c1cc(C)nc2ccc(N)cc12. The van der Waals surface area contributed by atoms with Crippen molar-refractivity contribution in [3.63, 3.8) is 0 Å². The van der Waals surface area contributed by atoms with Crippen LogP contribution in [0.3, 0.4) is 0 Å². The molecule has 0 fully saturated rings. The van der Waals surface area contributed by atoms with Crippen molar-refractivity contribution in [3.8, 4) is 0 Å². The first-order valence-electron chi connectivity index (χ1n) is 5.01. The molecule has 1 amide bonds. The van der Waals surface area contributed by atoms with Gasteiger partial charge in [-0.15, -0.1) is 0 Å². The van der Waals surface area contributed by atoms with Crippen LogP contribution in [0, 0.1) is 6.92 Å². The number of nitrogens with zero attached hydrogens (tertiary/aromatic N) is 1. The predicted octanol–water partition coefficient (Wildman–Crippen LogP) is 1.49. The van der Waals surface area contributed by atoms with Gasteiger partial charge < -0.3 is 11.1 Å². The molecule has 0 radical (unpaired) electrons. The standard InChI is InChI=1S/C12H13N3O/c1-7-5-10(12(16)14-2)9-6-8(13)3-4-11(9)15-7/h3-6H,13H2,1-2H3,(H,14,16). The number of rotatable bonds is 1. The van der Waals surface area contributed by atoms with Crippen LogP contribution >= 0.6 is 0 Å². The molecule has 16 heavy (non-hydrogen) atoms. The Balaban J connectivity index is 2.79. The summed E-state index contributed by atoms with van der Waals surface area (Å²) in [5.41, 5.74) is 8.55. The Hall–Kier alpha value is -2.10. The minimum Gasteiger partial charge on any atom is -0.399 e. The van der Waals surface area contributed by atoms with E-state index in [2.05, 4.69) is 10.3 Å². The zero-order valence-corrected chi connectivity index (χ0v) is 9.24. The molecule has 0 atom stereocenters. The van der Waals surface area contributed by atoms with Crippen molar-refractivity contribution in [1.29, 1.82) is 0 Å². The second-order valence-electron chi connectivity index (χ2n) is 3.67. The quantitative estimate of drug-likeness (QED) is 0.708. The molecule has 0 aliphatic heterocycles. The first-order chi connectivity index (χ1) is 7.61. The summed E-state index contributed by atoms with van der Waals surface area (Å²) in [5.74, 6) is -0.124. The van der Waals surface area contributed by atoms with Crippen LogP contribution in [0.15, 0.2) is 24.3 Å².